The van der Waals surface area contributed by atoms with Gasteiger partial charge in [-0.1, -0.05) is 12.1 Å². The number of ether oxygens (including phenoxy) is 3. The van der Waals surface area contributed by atoms with E-state index in [2.05, 4.69) is 35.4 Å². The summed E-state index contributed by atoms with van der Waals surface area (Å²) in [6.07, 6.45) is 4.14. The molecule has 0 saturated carbocycles. The summed E-state index contributed by atoms with van der Waals surface area (Å²) in [6, 6.07) is 10.3. The Kier molecular flexibility index (Phi) is 6.36. The number of fused-ring (bicyclic) bond motifs is 2. The topological polar surface area (TPSA) is 72.9 Å². The first kappa shape index (κ1) is 22.3. The molecule has 176 valence electrons. The fraction of sp³-hybridized carbons (Fsp3) is 0.538. The Morgan fingerprint density at radius 2 is 2.09 bits per heavy atom. The van der Waals surface area contributed by atoms with Gasteiger partial charge in [0.1, 0.15) is 11.9 Å². The van der Waals surface area contributed by atoms with Crippen LogP contribution >= 0.6 is 0 Å². The summed E-state index contributed by atoms with van der Waals surface area (Å²) in [4.78, 5) is 20.2. The van der Waals surface area contributed by atoms with Crippen molar-refractivity contribution in [2.24, 2.45) is 0 Å². The van der Waals surface area contributed by atoms with E-state index in [0.717, 1.165) is 42.2 Å². The predicted octanol–water partition coefficient (Wildman–Crippen LogP) is 4.54. The van der Waals surface area contributed by atoms with E-state index in [1.165, 1.54) is 5.56 Å². The first-order valence-electron chi connectivity index (χ1n) is 12.0. The Morgan fingerprint density at radius 3 is 2.82 bits per heavy atom. The van der Waals surface area contributed by atoms with Crippen molar-refractivity contribution in [1.82, 2.24) is 4.98 Å². The molecule has 2 aromatic rings. The third-order valence-corrected chi connectivity index (χ3v) is 6.83. The van der Waals surface area contributed by atoms with Crippen LogP contribution in [-0.4, -0.2) is 48.5 Å². The molecule has 4 heterocycles. The van der Waals surface area contributed by atoms with Gasteiger partial charge in [-0.2, -0.15) is 0 Å². The zero-order valence-corrected chi connectivity index (χ0v) is 19.6. The first-order chi connectivity index (χ1) is 16.0. The number of aromatic nitrogens is 1. The molecule has 3 aliphatic heterocycles. The van der Waals surface area contributed by atoms with Gasteiger partial charge < -0.3 is 24.4 Å². The van der Waals surface area contributed by atoms with Crippen molar-refractivity contribution in [2.75, 3.05) is 23.4 Å². The number of hydrogen-bond donors (Lipinski definition) is 1. The van der Waals surface area contributed by atoms with E-state index in [9.17, 15) is 4.79 Å². The summed E-state index contributed by atoms with van der Waals surface area (Å²) in [5.41, 5.74) is 3.94. The lowest BCUT2D eigenvalue weighted by molar-refractivity contribution is -0.143. The summed E-state index contributed by atoms with van der Waals surface area (Å²) in [7, 11) is 0. The van der Waals surface area contributed by atoms with Crippen LogP contribution in [0.25, 0.3) is 0 Å². The summed E-state index contributed by atoms with van der Waals surface area (Å²) >= 11 is 0. The molecule has 0 bridgehead atoms. The summed E-state index contributed by atoms with van der Waals surface area (Å²) in [5, 5.41) is 3.45. The van der Waals surface area contributed by atoms with Gasteiger partial charge in [0.15, 0.2) is 0 Å². The summed E-state index contributed by atoms with van der Waals surface area (Å²) in [6.45, 7) is 7.84. The molecular weight excluding hydrogens is 418 g/mol. The molecule has 33 heavy (non-hydrogen) atoms. The SMILES string of the molecule is CC(C)O[C@H]1CC[C@H](C(=O)N2Cc3cccnc3Nc3ccc(C4CCO[C@H]4C)cc32)OC1. The molecule has 0 spiro atoms. The summed E-state index contributed by atoms with van der Waals surface area (Å²) in [5.74, 6) is 1.11. The van der Waals surface area contributed by atoms with Crippen LogP contribution in [0.15, 0.2) is 36.5 Å². The van der Waals surface area contributed by atoms with Crippen LogP contribution in [0.2, 0.25) is 0 Å². The normalized spacial score (nSPS) is 27.0. The van der Waals surface area contributed by atoms with E-state index < -0.39 is 6.10 Å². The van der Waals surface area contributed by atoms with Gasteiger partial charge in [0.2, 0.25) is 0 Å². The molecule has 7 heteroatoms. The molecule has 7 nitrogen and oxygen atoms in total. The molecule has 1 aromatic carbocycles. The lowest BCUT2D eigenvalue weighted by Gasteiger charge is -2.33. The number of amides is 1. The zero-order valence-electron chi connectivity index (χ0n) is 19.6. The van der Waals surface area contributed by atoms with E-state index in [1.54, 1.807) is 6.20 Å². The molecular formula is C26H33N3O4. The minimum Gasteiger partial charge on any atom is -0.378 e. The van der Waals surface area contributed by atoms with Crippen LogP contribution in [-0.2, 0) is 25.5 Å². The number of benzene rings is 1. The Morgan fingerprint density at radius 1 is 1.21 bits per heavy atom. The van der Waals surface area contributed by atoms with Crippen molar-refractivity contribution in [3.05, 3.63) is 47.7 Å². The smallest absolute Gasteiger partial charge is 0.256 e. The highest BCUT2D eigenvalue weighted by atomic mass is 16.5. The number of rotatable bonds is 4. The number of anilines is 3. The van der Waals surface area contributed by atoms with Gasteiger partial charge >= 0.3 is 0 Å². The molecule has 1 unspecified atom stereocenters. The highest BCUT2D eigenvalue weighted by Crippen LogP contribution is 2.40. The monoisotopic (exact) mass is 451 g/mol. The molecule has 1 aromatic heterocycles. The third kappa shape index (κ3) is 4.63. The maximum atomic E-state index is 13.8. The fourth-order valence-electron chi connectivity index (χ4n) is 5.12. The fourth-order valence-corrected chi connectivity index (χ4v) is 5.12. The maximum Gasteiger partial charge on any atom is 0.256 e. The number of hydrogen-bond acceptors (Lipinski definition) is 6. The second-order valence-corrected chi connectivity index (χ2v) is 9.51. The minimum atomic E-state index is -0.472. The van der Waals surface area contributed by atoms with Gasteiger partial charge in [0.05, 0.1) is 42.8 Å². The molecule has 1 amide bonds. The molecule has 4 atom stereocenters. The molecule has 3 aliphatic rings. The van der Waals surface area contributed by atoms with Gasteiger partial charge in [-0.05, 0) is 63.8 Å². The molecule has 0 aliphatic carbocycles. The third-order valence-electron chi connectivity index (χ3n) is 6.83. The Bertz CT molecular complexity index is 1000. The van der Waals surface area contributed by atoms with Crippen LogP contribution in [0.4, 0.5) is 17.2 Å². The average Bonchev–Trinajstić information content (AvgIpc) is 3.16. The van der Waals surface area contributed by atoms with E-state index in [1.807, 2.05) is 30.9 Å². The van der Waals surface area contributed by atoms with E-state index in [0.29, 0.717) is 25.5 Å². The van der Waals surface area contributed by atoms with E-state index in [4.69, 9.17) is 14.2 Å². The lowest BCUT2D eigenvalue weighted by atomic mass is 9.92. The van der Waals surface area contributed by atoms with Gasteiger partial charge in [0, 0.05) is 24.3 Å². The number of pyridine rings is 1. The van der Waals surface area contributed by atoms with Crippen LogP contribution < -0.4 is 10.2 Å². The van der Waals surface area contributed by atoms with Gasteiger partial charge in [0.25, 0.3) is 5.91 Å². The molecule has 1 N–H and O–H groups in total. The van der Waals surface area contributed by atoms with Crippen LogP contribution in [0, 0.1) is 0 Å². The molecule has 2 saturated heterocycles. The first-order valence-corrected chi connectivity index (χ1v) is 12.0. The standard InChI is InChI=1S/C26H33N3O4/c1-16(2)33-20-7-9-24(32-15-20)26(30)29-14-19-5-4-11-27-25(19)28-22-8-6-18(13-23(22)29)21-10-12-31-17(21)3/h4-6,8,11,13,16-17,20-21,24H,7,9-10,12,14-15H2,1-3H3,(H,27,28)/t17-,20-,21?,24+/m0/s1. The number of nitrogens with zero attached hydrogens (tertiary/aromatic N) is 2. The maximum absolute atomic E-state index is 13.8. The number of carbonyl (C=O) groups is 1. The highest BCUT2D eigenvalue weighted by molar-refractivity contribution is 6.01. The Labute approximate surface area is 195 Å². The van der Waals surface area contributed by atoms with Crippen molar-refractivity contribution in [3.8, 4) is 0 Å². The largest absolute Gasteiger partial charge is 0.378 e. The Balaban J connectivity index is 1.45. The van der Waals surface area contributed by atoms with Crippen molar-refractivity contribution in [3.63, 3.8) is 0 Å². The van der Waals surface area contributed by atoms with Crippen LogP contribution in [0.3, 0.4) is 0 Å². The number of nitrogens with one attached hydrogen (secondary N) is 1. The molecule has 2 fully saturated rings. The predicted molar refractivity (Wildman–Crippen MR) is 127 cm³/mol. The van der Waals surface area contributed by atoms with Crippen LogP contribution in [0.1, 0.15) is 57.1 Å². The van der Waals surface area contributed by atoms with Crippen molar-refractivity contribution >= 4 is 23.1 Å². The van der Waals surface area contributed by atoms with Gasteiger partial charge in [-0.3, -0.25) is 4.79 Å². The zero-order chi connectivity index (χ0) is 22.9. The highest BCUT2D eigenvalue weighted by Gasteiger charge is 2.35. The van der Waals surface area contributed by atoms with E-state index >= 15 is 0 Å². The molecule has 5 rings (SSSR count). The van der Waals surface area contributed by atoms with E-state index in [-0.39, 0.29) is 24.2 Å². The van der Waals surface area contributed by atoms with Gasteiger partial charge in [-0.25, -0.2) is 4.98 Å². The second-order valence-electron chi connectivity index (χ2n) is 9.51. The van der Waals surface area contributed by atoms with Crippen molar-refractivity contribution in [2.45, 2.75) is 76.9 Å². The van der Waals surface area contributed by atoms with Crippen molar-refractivity contribution < 1.29 is 19.0 Å². The second kappa shape index (κ2) is 9.41. The Hall–Kier alpha value is -2.48. The lowest BCUT2D eigenvalue weighted by Crippen LogP contribution is -2.44. The number of carbonyl (C=O) groups excluding carboxylic acids is 1. The quantitative estimate of drug-likeness (QED) is 0.736. The van der Waals surface area contributed by atoms with Crippen molar-refractivity contribution in [1.29, 1.82) is 0 Å². The van der Waals surface area contributed by atoms with Gasteiger partial charge in [-0.15, -0.1) is 0 Å². The summed E-state index contributed by atoms with van der Waals surface area (Å²) < 4.78 is 17.7. The minimum absolute atomic E-state index is 0.00868. The average molecular weight is 452 g/mol. The molecule has 0 radical (unpaired) electrons. The van der Waals surface area contributed by atoms with Crippen LogP contribution in [0.5, 0.6) is 0 Å².